The Balaban J connectivity index is 1.67. The van der Waals surface area contributed by atoms with Gasteiger partial charge in [0, 0.05) is 45.5 Å². The largest absolute Gasteiger partial charge is 0.337 e. The third-order valence-electron chi connectivity index (χ3n) is 4.41. The highest BCUT2D eigenvalue weighted by Gasteiger charge is 2.25. The zero-order chi connectivity index (χ0) is 18.4. The van der Waals surface area contributed by atoms with Gasteiger partial charge in [0.1, 0.15) is 0 Å². The van der Waals surface area contributed by atoms with Crippen LogP contribution in [0.2, 0.25) is 0 Å². The van der Waals surface area contributed by atoms with Crippen molar-refractivity contribution >= 4 is 16.1 Å². The lowest BCUT2D eigenvalue weighted by atomic mass is 10.3. The number of hydrogen-bond acceptors (Lipinski definition) is 4. The first-order chi connectivity index (χ1) is 11.8. The Morgan fingerprint density at radius 3 is 2.60 bits per heavy atom. The van der Waals surface area contributed by atoms with E-state index in [1.807, 2.05) is 24.6 Å². The van der Waals surface area contributed by atoms with Crippen molar-refractivity contribution in [2.45, 2.75) is 39.7 Å². The molecule has 0 aliphatic carbocycles. The van der Waals surface area contributed by atoms with Crippen LogP contribution in [0.5, 0.6) is 0 Å². The van der Waals surface area contributed by atoms with Crippen LogP contribution in [-0.2, 0) is 16.6 Å². The van der Waals surface area contributed by atoms with Gasteiger partial charge in [-0.15, -0.1) is 0 Å². The maximum Gasteiger partial charge on any atom is 0.317 e. The van der Waals surface area contributed by atoms with Gasteiger partial charge in [-0.2, -0.15) is 5.10 Å². The molecular weight excluding hydrogens is 342 g/mol. The molecule has 2 amide bonds. The van der Waals surface area contributed by atoms with Gasteiger partial charge in [-0.1, -0.05) is 0 Å². The topological polar surface area (TPSA) is 87.5 Å². The standard InChI is InChI=1S/C16H29N5O3S/c1-14-13-15(2)21(18-14)11-6-8-19(3)16(22)17-7-12-25(23,24)20-9-4-5-10-20/h13H,4-12H2,1-3H3,(H,17,22). The molecule has 8 nitrogen and oxygen atoms in total. The van der Waals surface area contributed by atoms with Crippen LogP contribution in [0.3, 0.4) is 0 Å². The number of aromatic nitrogens is 2. The summed E-state index contributed by atoms with van der Waals surface area (Å²) in [6.45, 7) is 6.64. The molecule has 1 aliphatic rings. The summed E-state index contributed by atoms with van der Waals surface area (Å²) in [5.74, 6) is -0.0433. The molecule has 1 saturated heterocycles. The molecule has 9 heteroatoms. The summed E-state index contributed by atoms with van der Waals surface area (Å²) < 4.78 is 27.6. The van der Waals surface area contributed by atoms with Crippen LogP contribution in [-0.4, -0.2) is 72.4 Å². The molecule has 25 heavy (non-hydrogen) atoms. The molecule has 142 valence electrons. The Morgan fingerprint density at radius 1 is 1.32 bits per heavy atom. The highest BCUT2D eigenvalue weighted by atomic mass is 32.2. The zero-order valence-corrected chi connectivity index (χ0v) is 16.2. The molecule has 1 aromatic rings. The number of carbonyl (C=O) groups excluding carboxylic acids is 1. The molecular formula is C16H29N5O3S. The SMILES string of the molecule is Cc1cc(C)n(CCCN(C)C(=O)NCCS(=O)(=O)N2CCCC2)n1. The van der Waals surface area contributed by atoms with E-state index in [0.29, 0.717) is 19.6 Å². The second-order valence-electron chi connectivity index (χ2n) is 6.58. The molecule has 2 rings (SSSR count). The summed E-state index contributed by atoms with van der Waals surface area (Å²) in [5.41, 5.74) is 2.10. The van der Waals surface area contributed by atoms with Crippen LogP contribution in [0.15, 0.2) is 6.07 Å². The van der Waals surface area contributed by atoms with Crippen LogP contribution < -0.4 is 5.32 Å². The lowest BCUT2D eigenvalue weighted by Crippen LogP contribution is -2.41. The molecule has 1 fully saturated rings. The van der Waals surface area contributed by atoms with E-state index < -0.39 is 10.0 Å². The third kappa shape index (κ3) is 5.71. The summed E-state index contributed by atoms with van der Waals surface area (Å²) >= 11 is 0. The minimum atomic E-state index is -3.25. The quantitative estimate of drug-likeness (QED) is 0.737. The smallest absolute Gasteiger partial charge is 0.317 e. The number of nitrogens with zero attached hydrogens (tertiary/aromatic N) is 4. The number of sulfonamides is 1. The van der Waals surface area contributed by atoms with Crippen molar-refractivity contribution in [2.24, 2.45) is 0 Å². The van der Waals surface area contributed by atoms with E-state index >= 15 is 0 Å². The van der Waals surface area contributed by atoms with Crippen molar-refractivity contribution < 1.29 is 13.2 Å². The van der Waals surface area contributed by atoms with Crippen molar-refractivity contribution in [1.82, 2.24) is 24.3 Å². The average Bonchev–Trinajstić information content (AvgIpc) is 3.17. The first kappa shape index (κ1) is 19.7. The van der Waals surface area contributed by atoms with Crippen LogP contribution in [0, 0.1) is 13.8 Å². The van der Waals surface area contributed by atoms with E-state index in [4.69, 9.17) is 0 Å². The van der Waals surface area contributed by atoms with E-state index in [2.05, 4.69) is 10.4 Å². The number of amides is 2. The molecule has 0 unspecified atom stereocenters. The van der Waals surface area contributed by atoms with Gasteiger partial charge in [0.15, 0.2) is 0 Å². The molecule has 2 heterocycles. The Hall–Kier alpha value is -1.61. The van der Waals surface area contributed by atoms with Gasteiger partial charge in [0.25, 0.3) is 0 Å². The maximum absolute atomic E-state index is 12.1. The minimum Gasteiger partial charge on any atom is -0.337 e. The molecule has 1 aliphatic heterocycles. The summed E-state index contributed by atoms with van der Waals surface area (Å²) in [6.07, 6.45) is 2.63. The van der Waals surface area contributed by atoms with Crippen molar-refractivity contribution in [3.63, 3.8) is 0 Å². The number of rotatable bonds is 8. The van der Waals surface area contributed by atoms with Gasteiger partial charge in [-0.25, -0.2) is 17.5 Å². The van der Waals surface area contributed by atoms with Gasteiger partial charge in [0.05, 0.1) is 11.4 Å². The van der Waals surface area contributed by atoms with E-state index in [1.165, 1.54) is 4.31 Å². The fourth-order valence-corrected chi connectivity index (χ4v) is 4.41. The highest BCUT2D eigenvalue weighted by Crippen LogP contribution is 2.12. The van der Waals surface area contributed by atoms with Gasteiger partial charge in [-0.05, 0) is 39.2 Å². The Labute approximate surface area is 150 Å². The van der Waals surface area contributed by atoms with E-state index in [0.717, 1.165) is 37.2 Å². The fraction of sp³-hybridized carbons (Fsp3) is 0.750. The van der Waals surface area contributed by atoms with Crippen LogP contribution >= 0.6 is 0 Å². The van der Waals surface area contributed by atoms with Crippen molar-refractivity contribution in [2.75, 3.05) is 39.0 Å². The average molecular weight is 372 g/mol. The Morgan fingerprint density at radius 2 is 2.00 bits per heavy atom. The predicted octanol–water partition coefficient (Wildman–Crippen LogP) is 0.957. The van der Waals surface area contributed by atoms with Crippen LogP contribution in [0.4, 0.5) is 4.79 Å². The fourth-order valence-electron chi connectivity index (χ4n) is 2.98. The van der Waals surface area contributed by atoms with Gasteiger partial charge < -0.3 is 10.2 Å². The molecule has 1 aromatic heterocycles. The lowest BCUT2D eigenvalue weighted by Gasteiger charge is -2.19. The molecule has 0 aromatic carbocycles. The molecule has 0 atom stereocenters. The molecule has 0 spiro atoms. The third-order valence-corrected chi connectivity index (χ3v) is 6.28. The van der Waals surface area contributed by atoms with Gasteiger partial charge in [-0.3, -0.25) is 4.68 Å². The van der Waals surface area contributed by atoms with Crippen molar-refractivity contribution in [3.05, 3.63) is 17.5 Å². The first-order valence-electron chi connectivity index (χ1n) is 8.77. The van der Waals surface area contributed by atoms with Crippen molar-refractivity contribution in [1.29, 1.82) is 0 Å². The first-order valence-corrected chi connectivity index (χ1v) is 10.4. The zero-order valence-electron chi connectivity index (χ0n) is 15.4. The molecule has 0 saturated carbocycles. The van der Waals surface area contributed by atoms with E-state index in [1.54, 1.807) is 11.9 Å². The Bertz CT molecular complexity index is 680. The number of carbonyl (C=O) groups is 1. The van der Waals surface area contributed by atoms with E-state index in [-0.39, 0.29) is 18.3 Å². The summed E-state index contributed by atoms with van der Waals surface area (Å²) in [4.78, 5) is 13.6. The monoisotopic (exact) mass is 371 g/mol. The number of nitrogens with one attached hydrogen (secondary N) is 1. The number of urea groups is 1. The van der Waals surface area contributed by atoms with Crippen LogP contribution in [0.1, 0.15) is 30.7 Å². The van der Waals surface area contributed by atoms with E-state index in [9.17, 15) is 13.2 Å². The van der Waals surface area contributed by atoms with Crippen molar-refractivity contribution in [3.8, 4) is 0 Å². The van der Waals surface area contributed by atoms with Gasteiger partial charge in [0.2, 0.25) is 10.0 Å². The molecule has 1 N–H and O–H groups in total. The maximum atomic E-state index is 12.1. The van der Waals surface area contributed by atoms with Gasteiger partial charge >= 0.3 is 6.03 Å². The highest BCUT2D eigenvalue weighted by molar-refractivity contribution is 7.89. The molecule has 0 bridgehead atoms. The predicted molar refractivity (Wildman–Crippen MR) is 96.9 cm³/mol. The second-order valence-corrected chi connectivity index (χ2v) is 8.67. The summed E-state index contributed by atoms with van der Waals surface area (Å²) in [6, 6.07) is 1.78. The summed E-state index contributed by atoms with van der Waals surface area (Å²) in [7, 11) is -1.53. The normalized spacial score (nSPS) is 15.5. The Kier molecular flexibility index (Phi) is 6.83. The van der Waals surface area contributed by atoms with Crippen LogP contribution in [0.25, 0.3) is 0 Å². The lowest BCUT2D eigenvalue weighted by molar-refractivity contribution is 0.208. The molecule has 0 radical (unpaired) electrons. The number of hydrogen-bond donors (Lipinski definition) is 1. The summed E-state index contributed by atoms with van der Waals surface area (Å²) in [5, 5.41) is 7.08. The number of aryl methyl sites for hydroxylation is 3. The minimum absolute atomic E-state index is 0.0433. The second kappa shape index (κ2) is 8.66.